The van der Waals surface area contributed by atoms with Crippen LogP contribution in [0.25, 0.3) is 0 Å². The molecular formula is C24H23F3N2O3. The highest BCUT2D eigenvalue weighted by molar-refractivity contribution is 5.95. The van der Waals surface area contributed by atoms with E-state index in [2.05, 4.69) is 5.32 Å². The van der Waals surface area contributed by atoms with E-state index in [4.69, 9.17) is 4.74 Å². The van der Waals surface area contributed by atoms with Gasteiger partial charge in [-0.1, -0.05) is 54.6 Å². The number of Topliss-reactive ketones (excluding diaryl/α,β-unsaturated/α-hetero) is 1. The summed E-state index contributed by atoms with van der Waals surface area (Å²) in [7, 11) is 0. The predicted octanol–water partition coefficient (Wildman–Crippen LogP) is 4.35. The van der Waals surface area contributed by atoms with Gasteiger partial charge in [-0.3, -0.25) is 9.59 Å². The molecule has 0 aliphatic heterocycles. The second kappa shape index (κ2) is 10.8. The van der Waals surface area contributed by atoms with Crippen molar-refractivity contribution >= 4 is 5.78 Å². The molecule has 32 heavy (non-hydrogen) atoms. The van der Waals surface area contributed by atoms with Gasteiger partial charge in [-0.15, -0.1) is 0 Å². The molecule has 0 aliphatic rings. The van der Waals surface area contributed by atoms with E-state index < -0.39 is 12.6 Å². The summed E-state index contributed by atoms with van der Waals surface area (Å²) in [6, 6.07) is 19.1. The summed E-state index contributed by atoms with van der Waals surface area (Å²) in [5, 5.41) is 2.72. The zero-order chi connectivity index (χ0) is 23.0. The number of hydrogen-bond donors (Lipinski definition) is 1. The first-order chi connectivity index (χ1) is 15.3. The average molecular weight is 444 g/mol. The lowest BCUT2D eigenvalue weighted by molar-refractivity contribution is -0.133. The van der Waals surface area contributed by atoms with E-state index in [0.29, 0.717) is 17.9 Å². The van der Waals surface area contributed by atoms with Crippen molar-refractivity contribution in [1.82, 2.24) is 9.88 Å². The fourth-order valence-corrected chi connectivity index (χ4v) is 2.97. The first-order valence-corrected chi connectivity index (χ1v) is 10.1. The van der Waals surface area contributed by atoms with Gasteiger partial charge in [0.25, 0.3) is 5.56 Å². The van der Waals surface area contributed by atoms with Crippen LogP contribution >= 0.6 is 0 Å². The Kier molecular flexibility index (Phi) is 7.83. The predicted molar refractivity (Wildman–Crippen MR) is 115 cm³/mol. The minimum Gasteiger partial charge on any atom is -0.489 e. The normalized spacial score (nSPS) is 11.3. The van der Waals surface area contributed by atoms with Crippen molar-refractivity contribution in [3.63, 3.8) is 0 Å². The molecule has 1 aromatic heterocycles. The Morgan fingerprint density at radius 3 is 2.34 bits per heavy atom. The number of ether oxygens (including phenoxy) is 1. The van der Waals surface area contributed by atoms with Crippen molar-refractivity contribution in [2.75, 3.05) is 6.54 Å². The number of halogens is 3. The summed E-state index contributed by atoms with van der Waals surface area (Å²) in [4.78, 5) is 24.8. The van der Waals surface area contributed by atoms with Gasteiger partial charge in [-0.05, 0) is 17.2 Å². The zero-order valence-electron chi connectivity index (χ0n) is 17.3. The molecular weight excluding hydrogens is 421 g/mol. The minimum absolute atomic E-state index is 0.124. The van der Waals surface area contributed by atoms with Gasteiger partial charge in [0.1, 0.15) is 12.4 Å². The molecule has 1 N–H and O–H groups in total. The molecule has 5 nitrogen and oxygen atoms in total. The molecule has 1 heterocycles. The van der Waals surface area contributed by atoms with Crippen molar-refractivity contribution in [3.8, 4) is 5.75 Å². The number of alkyl halides is 3. The third-order valence-electron chi connectivity index (χ3n) is 4.72. The summed E-state index contributed by atoms with van der Waals surface area (Å²) >= 11 is 0. The molecule has 8 heteroatoms. The van der Waals surface area contributed by atoms with Crippen molar-refractivity contribution in [1.29, 1.82) is 0 Å². The number of nitrogens with one attached hydrogen (secondary N) is 1. The lowest BCUT2D eigenvalue weighted by atomic mass is 10.1. The number of benzene rings is 2. The Labute approximate surface area is 183 Å². The number of nitrogens with zero attached hydrogens (tertiary/aromatic N) is 1. The molecule has 168 valence electrons. The number of aromatic nitrogens is 1. The topological polar surface area (TPSA) is 60.3 Å². The summed E-state index contributed by atoms with van der Waals surface area (Å²) in [6.07, 6.45) is -3.57. The lowest BCUT2D eigenvalue weighted by Crippen LogP contribution is -2.23. The maximum absolute atomic E-state index is 12.5. The van der Waals surface area contributed by atoms with Crippen molar-refractivity contribution < 1.29 is 22.7 Å². The smallest absolute Gasteiger partial charge is 0.390 e. The van der Waals surface area contributed by atoms with E-state index in [1.165, 1.54) is 16.8 Å². The number of carbonyl (C=O) groups is 1. The molecule has 0 spiro atoms. The molecule has 0 bridgehead atoms. The van der Waals surface area contributed by atoms with Gasteiger partial charge in [0.05, 0.1) is 13.0 Å². The quantitative estimate of drug-likeness (QED) is 0.373. The van der Waals surface area contributed by atoms with Crippen LogP contribution in [-0.4, -0.2) is 23.1 Å². The molecule has 2 aromatic carbocycles. The number of hydrogen-bond acceptors (Lipinski definition) is 4. The standard InChI is InChI=1S/C24H23F3N2O3/c25-24(26,27)11-12-28-15-18-6-8-20(9-7-18)22(30)16-29-13-10-21(14-23(29)31)32-17-19-4-2-1-3-5-19/h1-10,13-14,28H,11-12,15-17H2. The maximum Gasteiger partial charge on any atom is 0.390 e. The average Bonchev–Trinajstić information content (AvgIpc) is 2.77. The van der Waals surface area contributed by atoms with E-state index in [1.807, 2.05) is 30.3 Å². The first-order valence-electron chi connectivity index (χ1n) is 10.1. The Bertz CT molecular complexity index is 1080. The van der Waals surface area contributed by atoms with Crippen LogP contribution in [0.2, 0.25) is 0 Å². The van der Waals surface area contributed by atoms with Gasteiger partial charge in [0.2, 0.25) is 0 Å². The fourth-order valence-electron chi connectivity index (χ4n) is 2.97. The second-order valence-electron chi connectivity index (χ2n) is 7.26. The second-order valence-corrected chi connectivity index (χ2v) is 7.26. The molecule has 0 amide bonds. The van der Waals surface area contributed by atoms with Crippen molar-refractivity contribution in [2.24, 2.45) is 0 Å². The van der Waals surface area contributed by atoms with E-state index in [1.54, 1.807) is 30.3 Å². The maximum atomic E-state index is 12.5. The van der Waals surface area contributed by atoms with Crippen LogP contribution in [0, 0.1) is 0 Å². The molecule has 3 rings (SSSR count). The molecule has 0 atom stereocenters. The van der Waals surface area contributed by atoms with Gasteiger partial charge in [-0.2, -0.15) is 13.2 Å². The van der Waals surface area contributed by atoms with E-state index in [9.17, 15) is 22.8 Å². The molecule has 0 radical (unpaired) electrons. The Balaban J connectivity index is 1.52. The van der Waals surface area contributed by atoms with Gasteiger partial charge < -0.3 is 14.6 Å². The molecule has 3 aromatic rings. The number of rotatable bonds is 10. The third-order valence-corrected chi connectivity index (χ3v) is 4.72. The Morgan fingerprint density at radius 2 is 1.69 bits per heavy atom. The fraction of sp³-hybridized carbons (Fsp3) is 0.250. The molecule has 0 unspecified atom stereocenters. The number of ketones is 1. The van der Waals surface area contributed by atoms with Crippen LogP contribution in [0.5, 0.6) is 5.75 Å². The summed E-state index contributed by atoms with van der Waals surface area (Å²) in [5.41, 5.74) is 1.81. The molecule has 0 saturated carbocycles. The van der Waals surface area contributed by atoms with Crippen LogP contribution in [0.1, 0.15) is 27.9 Å². The van der Waals surface area contributed by atoms with E-state index >= 15 is 0 Å². The van der Waals surface area contributed by atoms with Crippen LogP contribution in [-0.2, 0) is 19.7 Å². The summed E-state index contributed by atoms with van der Waals surface area (Å²) < 4.78 is 43.4. The number of carbonyl (C=O) groups excluding carboxylic acids is 1. The largest absolute Gasteiger partial charge is 0.489 e. The van der Waals surface area contributed by atoms with Crippen LogP contribution in [0.4, 0.5) is 13.2 Å². The number of pyridine rings is 1. The van der Waals surface area contributed by atoms with Crippen molar-refractivity contribution in [3.05, 3.63) is 100.0 Å². The Morgan fingerprint density at radius 1 is 0.969 bits per heavy atom. The zero-order valence-corrected chi connectivity index (χ0v) is 17.3. The van der Waals surface area contributed by atoms with Crippen LogP contribution < -0.4 is 15.6 Å². The molecule has 0 aliphatic carbocycles. The van der Waals surface area contributed by atoms with Gasteiger partial charge >= 0.3 is 6.18 Å². The summed E-state index contributed by atoms with van der Waals surface area (Å²) in [5.74, 6) is 0.173. The Hall–Kier alpha value is -3.39. The summed E-state index contributed by atoms with van der Waals surface area (Å²) in [6.45, 7) is 0.314. The van der Waals surface area contributed by atoms with Gasteiger partial charge in [0, 0.05) is 30.9 Å². The van der Waals surface area contributed by atoms with Gasteiger partial charge in [0.15, 0.2) is 5.78 Å². The highest BCUT2D eigenvalue weighted by Crippen LogP contribution is 2.18. The third kappa shape index (κ3) is 7.39. The lowest BCUT2D eigenvalue weighted by Gasteiger charge is -2.10. The van der Waals surface area contributed by atoms with Crippen molar-refractivity contribution in [2.45, 2.75) is 32.3 Å². The van der Waals surface area contributed by atoms with Crippen LogP contribution in [0.3, 0.4) is 0 Å². The molecule has 0 fully saturated rings. The van der Waals surface area contributed by atoms with Crippen LogP contribution in [0.15, 0.2) is 77.7 Å². The monoisotopic (exact) mass is 444 g/mol. The first kappa shape index (κ1) is 23.3. The highest BCUT2D eigenvalue weighted by atomic mass is 19.4. The van der Waals surface area contributed by atoms with Gasteiger partial charge in [-0.25, -0.2) is 0 Å². The minimum atomic E-state index is -4.19. The van der Waals surface area contributed by atoms with E-state index in [0.717, 1.165) is 11.1 Å². The van der Waals surface area contributed by atoms with E-state index in [-0.39, 0.29) is 31.0 Å². The SMILES string of the molecule is O=C(Cn1ccc(OCc2ccccc2)cc1=O)c1ccc(CNCCC(F)(F)F)cc1. The highest BCUT2D eigenvalue weighted by Gasteiger charge is 2.25. The molecule has 0 saturated heterocycles.